The first-order valence-corrected chi connectivity index (χ1v) is 6.47. The van der Waals surface area contributed by atoms with Gasteiger partial charge >= 0.3 is 0 Å². The van der Waals surface area contributed by atoms with Gasteiger partial charge in [0, 0.05) is 37.2 Å². The van der Waals surface area contributed by atoms with Crippen molar-refractivity contribution in [3.63, 3.8) is 0 Å². The number of alkyl halides is 1. The fourth-order valence-electron chi connectivity index (χ4n) is 1.96. The minimum atomic E-state index is 0.621. The monoisotopic (exact) mass is 254 g/mol. The van der Waals surface area contributed by atoms with Crippen LogP contribution in [0, 0.1) is 0 Å². The molecule has 0 aliphatic carbocycles. The molecule has 0 saturated heterocycles. The Balaban J connectivity index is 2.35. The lowest BCUT2D eigenvalue weighted by atomic mass is 10.1. The molecule has 0 unspecified atom stereocenters. The van der Waals surface area contributed by atoms with Crippen molar-refractivity contribution in [3.8, 4) is 0 Å². The van der Waals surface area contributed by atoms with Gasteiger partial charge in [0.05, 0.1) is 5.69 Å². The Morgan fingerprint density at radius 2 is 2.31 bits per heavy atom. The van der Waals surface area contributed by atoms with E-state index in [2.05, 4.69) is 16.0 Å². The van der Waals surface area contributed by atoms with Crippen molar-refractivity contribution in [2.75, 3.05) is 19.5 Å². The van der Waals surface area contributed by atoms with Gasteiger partial charge in [-0.3, -0.25) is 4.98 Å². The summed E-state index contributed by atoms with van der Waals surface area (Å²) in [5.41, 5.74) is 3.33. The van der Waals surface area contributed by atoms with Crippen LogP contribution in [0.5, 0.6) is 0 Å². The molecule has 1 aliphatic heterocycles. The highest BCUT2D eigenvalue weighted by atomic mass is 35.5. The fraction of sp³-hybridized carbons (Fsp3) is 0.500. The Kier molecular flexibility index (Phi) is 3.77. The van der Waals surface area contributed by atoms with Crippen molar-refractivity contribution in [1.82, 2.24) is 9.88 Å². The van der Waals surface area contributed by atoms with E-state index in [0.29, 0.717) is 5.88 Å². The van der Waals surface area contributed by atoms with Crippen LogP contribution in [0.3, 0.4) is 0 Å². The highest BCUT2D eigenvalue weighted by molar-refractivity contribution is 7.80. The largest absolute Gasteiger partial charge is 0.365 e. The topological polar surface area (TPSA) is 16.1 Å². The molecule has 0 amide bonds. The Bertz CT molecular complexity index is 406. The van der Waals surface area contributed by atoms with E-state index in [0.717, 1.165) is 47.7 Å². The lowest BCUT2D eigenvalue weighted by molar-refractivity contribution is 0.504. The van der Waals surface area contributed by atoms with Crippen LogP contribution >= 0.6 is 23.8 Å². The zero-order chi connectivity index (χ0) is 11.5. The third kappa shape index (κ3) is 2.36. The number of thiocarbonyl (C=S) groups is 1. The van der Waals surface area contributed by atoms with Gasteiger partial charge in [0.15, 0.2) is 0 Å². The number of pyridine rings is 1. The van der Waals surface area contributed by atoms with Crippen molar-refractivity contribution in [2.45, 2.75) is 19.3 Å². The summed E-state index contributed by atoms with van der Waals surface area (Å²) < 4.78 is 0. The quantitative estimate of drug-likeness (QED) is 0.596. The fourth-order valence-corrected chi connectivity index (χ4v) is 2.43. The van der Waals surface area contributed by atoms with Gasteiger partial charge in [0.25, 0.3) is 0 Å². The van der Waals surface area contributed by atoms with Gasteiger partial charge in [0.1, 0.15) is 4.99 Å². The van der Waals surface area contributed by atoms with E-state index in [1.807, 2.05) is 13.1 Å². The molecular weight excluding hydrogens is 240 g/mol. The highest BCUT2D eigenvalue weighted by Crippen LogP contribution is 2.17. The highest BCUT2D eigenvalue weighted by Gasteiger charge is 2.17. The zero-order valence-electron chi connectivity index (χ0n) is 9.37. The number of rotatable bonds is 2. The minimum Gasteiger partial charge on any atom is -0.365 e. The first kappa shape index (κ1) is 11.8. The number of fused-ring (bicyclic) bond motifs is 1. The zero-order valence-corrected chi connectivity index (χ0v) is 10.9. The molecule has 0 aromatic carbocycles. The molecule has 86 valence electrons. The third-order valence-corrected chi connectivity index (χ3v) is 3.59. The van der Waals surface area contributed by atoms with Gasteiger partial charge in [-0.1, -0.05) is 12.2 Å². The molecule has 1 aromatic heterocycles. The minimum absolute atomic E-state index is 0.621. The molecular formula is C12H15ClN2S. The molecule has 2 rings (SSSR count). The van der Waals surface area contributed by atoms with Crippen LogP contribution in [0.25, 0.3) is 0 Å². The number of aromatic nitrogens is 1. The molecule has 0 N–H and O–H groups in total. The number of nitrogens with zero attached hydrogens (tertiary/aromatic N) is 2. The maximum absolute atomic E-state index is 5.73. The van der Waals surface area contributed by atoms with Gasteiger partial charge < -0.3 is 4.90 Å². The lowest BCUT2D eigenvalue weighted by Crippen LogP contribution is -2.25. The van der Waals surface area contributed by atoms with E-state index in [9.17, 15) is 0 Å². The summed E-state index contributed by atoms with van der Waals surface area (Å²) in [6.45, 7) is 1.01. The molecule has 4 heteroatoms. The molecule has 0 radical (unpaired) electrons. The molecule has 2 nitrogen and oxygen atoms in total. The predicted octanol–water partition coefficient (Wildman–Crippen LogP) is 2.42. The van der Waals surface area contributed by atoms with E-state index in [-0.39, 0.29) is 0 Å². The second kappa shape index (κ2) is 5.11. The second-order valence-electron chi connectivity index (χ2n) is 4.07. The standard InChI is InChI=1S/C12H15ClN2S/c1-15-8-2-3-11-10(12(15)16)5-4-9(14-11)6-7-13/h4-5H,2-3,6-8H2,1H3. The Morgan fingerprint density at radius 1 is 1.50 bits per heavy atom. The average molecular weight is 255 g/mol. The van der Waals surface area contributed by atoms with Crippen molar-refractivity contribution < 1.29 is 0 Å². The maximum Gasteiger partial charge on any atom is 0.110 e. The molecule has 0 saturated carbocycles. The number of halogens is 1. The Morgan fingerprint density at radius 3 is 3.06 bits per heavy atom. The average Bonchev–Trinajstić information content (AvgIpc) is 2.41. The molecule has 0 fully saturated rings. The number of hydrogen-bond donors (Lipinski definition) is 0. The van der Waals surface area contributed by atoms with Crippen LogP contribution in [-0.4, -0.2) is 34.3 Å². The molecule has 0 spiro atoms. The maximum atomic E-state index is 5.73. The van der Waals surface area contributed by atoms with Gasteiger partial charge in [-0.25, -0.2) is 0 Å². The van der Waals surface area contributed by atoms with E-state index < -0.39 is 0 Å². The summed E-state index contributed by atoms with van der Waals surface area (Å²) in [4.78, 5) is 7.69. The van der Waals surface area contributed by atoms with Crippen molar-refractivity contribution >= 4 is 28.8 Å². The van der Waals surface area contributed by atoms with E-state index in [1.54, 1.807) is 0 Å². The molecule has 2 heterocycles. The van der Waals surface area contributed by atoms with Crippen LogP contribution in [0.2, 0.25) is 0 Å². The summed E-state index contributed by atoms with van der Waals surface area (Å²) in [7, 11) is 2.05. The summed E-state index contributed by atoms with van der Waals surface area (Å²) in [6.07, 6.45) is 2.95. The summed E-state index contributed by atoms with van der Waals surface area (Å²) in [5, 5.41) is 0. The van der Waals surface area contributed by atoms with Crippen LogP contribution in [0.4, 0.5) is 0 Å². The Labute approximate surface area is 107 Å². The van der Waals surface area contributed by atoms with Crippen LogP contribution in [-0.2, 0) is 12.8 Å². The first-order valence-electron chi connectivity index (χ1n) is 5.52. The van der Waals surface area contributed by atoms with E-state index in [1.165, 1.54) is 0 Å². The summed E-state index contributed by atoms with van der Waals surface area (Å²) >= 11 is 11.2. The summed E-state index contributed by atoms with van der Waals surface area (Å²) in [6, 6.07) is 4.13. The van der Waals surface area contributed by atoms with E-state index in [4.69, 9.17) is 23.8 Å². The summed E-state index contributed by atoms with van der Waals surface area (Å²) in [5.74, 6) is 0.621. The molecule has 1 aromatic rings. The predicted molar refractivity (Wildman–Crippen MR) is 71.3 cm³/mol. The molecule has 0 bridgehead atoms. The van der Waals surface area contributed by atoms with E-state index >= 15 is 0 Å². The van der Waals surface area contributed by atoms with Gasteiger partial charge in [-0.15, -0.1) is 11.6 Å². The smallest absolute Gasteiger partial charge is 0.110 e. The normalized spacial score (nSPS) is 15.9. The van der Waals surface area contributed by atoms with Crippen molar-refractivity contribution in [2.24, 2.45) is 0 Å². The van der Waals surface area contributed by atoms with Gasteiger partial charge in [0.2, 0.25) is 0 Å². The van der Waals surface area contributed by atoms with Crippen molar-refractivity contribution in [1.29, 1.82) is 0 Å². The van der Waals surface area contributed by atoms with Crippen LogP contribution in [0.15, 0.2) is 12.1 Å². The van der Waals surface area contributed by atoms with Crippen molar-refractivity contribution in [3.05, 3.63) is 29.1 Å². The first-order chi connectivity index (χ1) is 7.72. The second-order valence-corrected chi connectivity index (χ2v) is 4.83. The molecule has 1 aliphatic rings. The van der Waals surface area contributed by atoms with Crippen LogP contribution < -0.4 is 0 Å². The SMILES string of the molecule is CN1CCCc2nc(CCCl)ccc2C1=S. The molecule has 16 heavy (non-hydrogen) atoms. The van der Waals surface area contributed by atoms with Gasteiger partial charge in [-0.2, -0.15) is 0 Å². The number of hydrogen-bond acceptors (Lipinski definition) is 2. The molecule has 0 atom stereocenters. The lowest BCUT2D eigenvalue weighted by Gasteiger charge is -2.17. The van der Waals surface area contributed by atoms with Gasteiger partial charge in [-0.05, 0) is 25.0 Å². The number of aryl methyl sites for hydroxylation is 2. The third-order valence-electron chi connectivity index (χ3n) is 2.87. The van der Waals surface area contributed by atoms with Crippen LogP contribution in [0.1, 0.15) is 23.4 Å². The Hall–Kier alpha value is -0.670.